The van der Waals surface area contributed by atoms with Crippen LogP contribution in [0.4, 0.5) is 0 Å². The van der Waals surface area contributed by atoms with Crippen molar-refractivity contribution in [1.82, 2.24) is 14.8 Å². The van der Waals surface area contributed by atoms with Crippen LogP contribution in [-0.2, 0) is 0 Å². The van der Waals surface area contributed by atoms with Gasteiger partial charge < -0.3 is 4.98 Å². The number of carbonyl (C=O) groups excluding carboxylic acids is 1. The number of para-hydroxylation sites is 1. The molecule has 0 bridgehead atoms. The Morgan fingerprint density at radius 2 is 2.04 bits per heavy atom. The molecule has 1 aromatic carbocycles. The van der Waals surface area contributed by atoms with Gasteiger partial charge in [-0.1, -0.05) is 18.2 Å². The minimum absolute atomic E-state index is 0.0465. The Morgan fingerprint density at radius 3 is 2.96 bits per heavy atom. The molecule has 2 fully saturated rings. The van der Waals surface area contributed by atoms with E-state index in [0.29, 0.717) is 6.04 Å². The van der Waals surface area contributed by atoms with Crippen LogP contribution in [0.1, 0.15) is 36.5 Å². The molecule has 2 aromatic rings. The van der Waals surface area contributed by atoms with E-state index in [-0.39, 0.29) is 11.8 Å². The Morgan fingerprint density at radius 1 is 1.22 bits per heavy atom. The second kappa shape index (κ2) is 6.10. The molecule has 122 valence electrons. The van der Waals surface area contributed by atoms with Gasteiger partial charge in [0, 0.05) is 41.8 Å². The first-order valence-corrected chi connectivity index (χ1v) is 8.82. The zero-order valence-corrected chi connectivity index (χ0v) is 13.8. The molecule has 4 heteroatoms. The highest BCUT2D eigenvalue weighted by Gasteiger charge is 2.32. The van der Waals surface area contributed by atoms with Gasteiger partial charge in [0.15, 0.2) is 5.78 Å². The summed E-state index contributed by atoms with van der Waals surface area (Å²) in [5, 5.41) is 1.04. The van der Waals surface area contributed by atoms with E-state index >= 15 is 0 Å². The molecule has 3 heterocycles. The summed E-state index contributed by atoms with van der Waals surface area (Å²) in [6, 6.07) is 8.66. The topological polar surface area (TPSA) is 39.3 Å². The third-order valence-electron chi connectivity index (χ3n) is 5.62. The summed E-state index contributed by atoms with van der Waals surface area (Å²) in [6.07, 6.45) is 5.64. The quantitative estimate of drug-likeness (QED) is 0.886. The standard InChI is InChI=1S/C19H25N3O/c1-14(22-11-5-10-21-9-4-6-15(21)13-22)19(23)17-12-20-18-8-3-2-7-16(17)18/h2-3,7-8,12,14-15,20H,4-6,9-11,13H2,1H3/t14-,15-/m0/s1. The van der Waals surface area contributed by atoms with E-state index in [1.165, 1.54) is 32.4 Å². The Hall–Kier alpha value is -1.65. The van der Waals surface area contributed by atoms with Crippen molar-refractivity contribution < 1.29 is 4.79 Å². The van der Waals surface area contributed by atoms with Gasteiger partial charge in [0.05, 0.1) is 6.04 Å². The van der Waals surface area contributed by atoms with Crippen LogP contribution < -0.4 is 0 Å². The summed E-state index contributed by atoms with van der Waals surface area (Å²) in [5.41, 5.74) is 1.88. The highest BCUT2D eigenvalue weighted by molar-refractivity contribution is 6.10. The number of benzene rings is 1. The van der Waals surface area contributed by atoms with Gasteiger partial charge in [0.25, 0.3) is 0 Å². The van der Waals surface area contributed by atoms with Crippen molar-refractivity contribution in [2.75, 3.05) is 26.2 Å². The molecule has 0 saturated carbocycles. The number of Topliss-reactive ketones (excluding diaryl/α,β-unsaturated/α-hetero) is 1. The van der Waals surface area contributed by atoms with Crippen molar-refractivity contribution in [1.29, 1.82) is 0 Å². The summed E-state index contributed by atoms with van der Waals surface area (Å²) in [7, 11) is 0. The minimum Gasteiger partial charge on any atom is -0.360 e. The number of carbonyl (C=O) groups is 1. The van der Waals surface area contributed by atoms with Crippen LogP contribution in [-0.4, -0.2) is 58.8 Å². The highest BCUT2D eigenvalue weighted by Crippen LogP contribution is 2.25. The molecular formula is C19H25N3O. The fourth-order valence-corrected chi connectivity index (χ4v) is 4.25. The molecule has 0 radical (unpaired) electrons. The number of hydrogen-bond donors (Lipinski definition) is 1. The van der Waals surface area contributed by atoms with Gasteiger partial charge in [-0.2, -0.15) is 0 Å². The number of hydrogen-bond acceptors (Lipinski definition) is 3. The summed E-state index contributed by atoms with van der Waals surface area (Å²) in [5.74, 6) is 0.244. The molecule has 1 N–H and O–H groups in total. The second-order valence-electron chi connectivity index (χ2n) is 6.97. The minimum atomic E-state index is -0.0465. The zero-order chi connectivity index (χ0) is 15.8. The van der Waals surface area contributed by atoms with Crippen LogP contribution in [0.25, 0.3) is 10.9 Å². The van der Waals surface area contributed by atoms with Crippen molar-refractivity contribution in [2.45, 2.75) is 38.3 Å². The molecule has 4 nitrogen and oxygen atoms in total. The van der Waals surface area contributed by atoms with Crippen molar-refractivity contribution in [2.24, 2.45) is 0 Å². The average Bonchev–Trinajstić information content (AvgIpc) is 3.15. The van der Waals surface area contributed by atoms with Gasteiger partial charge in [-0.25, -0.2) is 0 Å². The molecular weight excluding hydrogens is 286 g/mol. The first-order valence-electron chi connectivity index (χ1n) is 8.82. The SMILES string of the molecule is C[C@@H](C(=O)c1c[nH]c2ccccc12)N1CCCN2CCC[C@H]2C1. The van der Waals surface area contributed by atoms with Crippen LogP contribution in [0.15, 0.2) is 30.5 Å². The molecule has 2 atom stereocenters. The lowest BCUT2D eigenvalue weighted by molar-refractivity contribution is 0.0829. The van der Waals surface area contributed by atoms with Gasteiger partial charge in [0.1, 0.15) is 0 Å². The normalized spacial score (nSPS) is 24.5. The second-order valence-corrected chi connectivity index (χ2v) is 6.97. The van der Waals surface area contributed by atoms with Gasteiger partial charge in [0.2, 0.25) is 0 Å². The van der Waals surface area contributed by atoms with E-state index < -0.39 is 0 Å². The lowest BCUT2D eigenvalue weighted by Crippen LogP contribution is -2.44. The van der Waals surface area contributed by atoms with Crippen LogP contribution in [0.2, 0.25) is 0 Å². The van der Waals surface area contributed by atoms with E-state index in [1.807, 2.05) is 30.5 Å². The largest absolute Gasteiger partial charge is 0.360 e. The molecule has 0 aliphatic carbocycles. The third kappa shape index (κ3) is 2.70. The summed E-state index contributed by atoms with van der Waals surface area (Å²) in [4.78, 5) is 21.3. The van der Waals surface area contributed by atoms with E-state index in [9.17, 15) is 4.79 Å². The number of ketones is 1. The van der Waals surface area contributed by atoms with Crippen LogP contribution >= 0.6 is 0 Å². The Balaban J connectivity index is 1.55. The summed E-state index contributed by atoms with van der Waals surface area (Å²) < 4.78 is 0. The van der Waals surface area contributed by atoms with Crippen molar-refractivity contribution >= 4 is 16.7 Å². The number of nitrogens with zero attached hydrogens (tertiary/aromatic N) is 2. The predicted octanol–water partition coefficient (Wildman–Crippen LogP) is 2.91. The molecule has 0 spiro atoms. The molecule has 2 aliphatic heterocycles. The molecule has 4 rings (SSSR count). The van der Waals surface area contributed by atoms with E-state index in [0.717, 1.165) is 29.6 Å². The van der Waals surface area contributed by atoms with E-state index in [2.05, 4.69) is 21.7 Å². The molecule has 0 amide bonds. The predicted molar refractivity (Wildman–Crippen MR) is 92.9 cm³/mol. The molecule has 23 heavy (non-hydrogen) atoms. The lowest BCUT2D eigenvalue weighted by atomic mass is 10.0. The summed E-state index contributed by atoms with van der Waals surface area (Å²) >= 11 is 0. The average molecular weight is 311 g/mol. The number of H-pyrrole nitrogens is 1. The monoisotopic (exact) mass is 311 g/mol. The maximum absolute atomic E-state index is 13.0. The van der Waals surface area contributed by atoms with Gasteiger partial charge in [-0.3, -0.25) is 14.6 Å². The van der Waals surface area contributed by atoms with E-state index in [1.54, 1.807) is 0 Å². The third-order valence-corrected chi connectivity index (χ3v) is 5.62. The maximum atomic E-state index is 13.0. The molecule has 2 aliphatic rings. The first kappa shape index (κ1) is 14.9. The maximum Gasteiger partial charge on any atom is 0.181 e. The van der Waals surface area contributed by atoms with Crippen molar-refractivity contribution in [3.05, 3.63) is 36.0 Å². The van der Waals surface area contributed by atoms with Crippen molar-refractivity contribution in [3.63, 3.8) is 0 Å². The zero-order valence-electron chi connectivity index (χ0n) is 13.8. The van der Waals surface area contributed by atoms with Crippen molar-refractivity contribution in [3.8, 4) is 0 Å². The van der Waals surface area contributed by atoms with Crippen LogP contribution in [0, 0.1) is 0 Å². The number of aromatic amines is 1. The number of fused-ring (bicyclic) bond motifs is 2. The number of nitrogens with one attached hydrogen (secondary N) is 1. The summed E-state index contributed by atoms with van der Waals surface area (Å²) in [6.45, 7) is 6.57. The molecule has 0 unspecified atom stereocenters. The molecule has 2 saturated heterocycles. The van der Waals surface area contributed by atoms with Crippen LogP contribution in [0.3, 0.4) is 0 Å². The van der Waals surface area contributed by atoms with Gasteiger partial charge in [-0.15, -0.1) is 0 Å². The Kier molecular flexibility index (Phi) is 3.95. The lowest BCUT2D eigenvalue weighted by Gasteiger charge is -2.29. The Labute approximate surface area is 137 Å². The Bertz CT molecular complexity index is 707. The fraction of sp³-hybridized carbons (Fsp3) is 0.526. The van der Waals surface area contributed by atoms with Gasteiger partial charge in [-0.05, 0) is 45.3 Å². The fourth-order valence-electron chi connectivity index (χ4n) is 4.25. The van der Waals surface area contributed by atoms with E-state index in [4.69, 9.17) is 0 Å². The smallest absolute Gasteiger partial charge is 0.181 e. The first-order chi connectivity index (χ1) is 11.2. The van der Waals surface area contributed by atoms with Gasteiger partial charge >= 0.3 is 0 Å². The molecule has 1 aromatic heterocycles. The number of aromatic nitrogens is 1. The highest BCUT2D eigenvalue weighted by atomic mass is 16.1. The number of rotatable bonds is 3. The van der Waals surface area contributed by atoms with Crippen LogP contribution in [0.5, 0.6) is 0 Å².